The molecule has 0 atom stereocenters. The monoisotopic (exact) mass is 292 g/mol. The molecule has 0 saturated heterocycles. The molecule has 12 heavy (non-hydrogen) atoms. The summed E-state index contributed by atoms with van der Waals surface area (Å²) < 4.78 is 1.11. The number of fused-ring (bicyclic) bond motifs is 1. The number of H-pyrrole nitrogens is 1. The van der Waals surface area contributed by atoms with E-state index in [1.54, 1.807) is 6.20 Å². The van der Waals surface area contributed by atoms with Gasteiger partial charge in [0.25, 0.3) is 0 Å². The van der Waals surface area contributed by atoms with Crippen molar-refractivity contribution < 1.29 is 0 Å². The van der Waals surface area contributed by atoms with Gasteiger partial charge in [0.2, 0.25) is 0 Å². The molecule has 2 aromatic heterocycles. The number of nitrogens with zero attached hydrogens (tertiary/aromatic N) is 1. The summed E-state index contributed by atoms with van der Waals surface area (Å²) in [5, 5.41) is 1.82. The first-order valence-electron chi connectivity index (χ1n) is 3.48. The van der Waals surface area contributed by atoms with E-state index in [0.717, 1.165) is 25.2 Å². The molecule has 0 aliphatic rings. The van der Waals surface area contributed by atoms with Crippen LogP contribution >= 0.6 is 34.2 Å². The fraction of sp³-hybridized carbons (Fsp3) is 0.125. The van der Waals surface area contributed by atoms with Crippen molar-refractivity contribution in [3.63, 3.8) is 0 Å². The van der Waals surface area contributed by atoms with Crippen LogP contribution in [0.3, 0.4) is 0 Å². The molecular weight excluding hydrogens is 286 g/mol. The summed E-state index contributed by atoms with van der Waals surface area (Å²) in [5.74, 6) is 0. The molecule has 4 heteroatoms. The maximum absolute atomic E-state index is 6.11. The standard InChI is InChI=1S/C8H6ClIN2/c1-4-2-11-8-6(7(4)9)5(10)3-12-8/h2-3H,1H3,(H,11,12). The first kappa shape index (κ1) is 8.31. The van der Waals surface area contributed by atoms with Gasteiger partial charge in [0, 0.05) is 16.0 Å². The number of aryl methyl sites for hydroxylation is 1. The number of hydrogen-bond acceptors (Lipinski definition) is 1. The van der Waals surface area contributed by atoms with Gasteiger partial charge in [-0.3, -0.25) is 0 Å². The summed E-state index contributed by atoms with van der Waals surface area (Å²) in [4.78, 5) is 7.27. The third-order valence-electron chi connectivity index (χ3n) is 1.76. The van der Waals surface area contributed by atoms with E-state index in [9.17, 15) is 0 Å². The van der Waals surface area contributed by atoms with Crippen molar-refractivity contribution in [2.75, 3.05) is 0 Å². The Morgan fingerprint density at radius 2 is 2.33 bits per heavy atom. The number of aromatic nitrogens is 2. The van der Waals surface area contributed by atoms with E-state index in [1.165, 1.54) is 0 Å². The SMILES string of the molecule is Cc1cnc2[nH]cc(I)c2c1Cl. The molecule has 0 aliphatic heterocycles. The molecule has 2 heterocycles. The summed E-state index contributed by atoms with van der Waals surface area (Å²) in [6.45, 7) is 1.96. The molecule has 0 amide bonds. The number of aromatic amines is 1. The molecule has 1 N–H and O–H groups in total. The lowest BCUT2D eigenvalue weighted by Gasteiger charge is -1.97. The highest BCUT2D eigenvalue weighted by Gasteiger charge is 2.07. The minimum atomic E-state index is 0.797. The van der Waals surface area contributed by atoms with E-state index < -0.39 is 0 Å². The van der Waals surface area contributed by atoms with E-state index in [-0.39, 0.29) is 0 Å². The summed E-state index contributed by atoms with van der Waals surface area (Å²) >= 11 is 8.35. The molecule has 0 spiro atoms. The quantitative estimate of drug-likeness (QED) is 0.743. The molecule has 62 valence electrons. The summed E-state index contributed by atoms with van der Waals surface area (Å²) in [6.07, 6.45) is 3.68. The van der Waals surface area contributed by atoms with Crippen LogP contribution in [0.2, 0.25) is 5.02 Å². The molecule has 0 saturated carbocycles. The largest absolute Gasteiger partial charge is 0.345 e. The van der Waals surface area contributed by atoms with E-state index in [0.29, 0.717) is 0 Å². The van der Waals surface area contributed by atoms with Gasteiger partial charge in [-0.25, -0.2) is 4.98 Å². The summed E-state index contributed by atoms with van der Waals surface area (Å²) in [6, 6.07) is 0. The zero-order valence-electron chi connectivity index (χ0n) is 6.36. The average molecular weight is 293 g/mol. The zero-order chi connectivity index (χ0) is 8.72. The van der Waals surface area contributed by atoms with Gasteiger partial charge < -0.3 is 4.98 Å². The normalized spacial score (nSPS) is 10.9. The van der Waals surface area contributed by atoms with Crippen LogP contribution < -0.4 is 0 Å². The van der Waals surface area contributed by atoms with Crippen LogP contribution in [0.5, 0.6) is 0 Å². The predicted molar refractivity (Wildman–Crippen MR) is 58.6 cm³/mol. The second-order valence-corrected chi connectivity index (χ2v) is 4.16. The molecule has 0 radical (unpaired) electrons. The van der Waals surface area contributed by atoms with Gasteiger partial charge in [-0.2, -0.15) is 0 Å². The van der Waals surface area contributed by atoms with Crippen molar-refractivity contribution in [1.29, 1.82) is 0 Å². The minimum Gasteiger partial charge on any atom is -0.345 e. The fourth-order valence-electron chi connectivity index (χ4n) is 1.11. The molecule has 0 bridgehead atoms. The lowest BCUT2D eigenvalue weighted by atomic mass is 10.2. The van der Waals surface area contributed by atoms with Gasteiger partial charge in [-0.1, -0.05) is 11.6 Å². The third-order valence-corrected chi connectivity index (χ3v) is 3.10. The van der Waals surface area contributed by atoms with Crippen LogP contribution in [0, 0.1) is 10.5 Å². The van der Waals surface area contributed by atoms with Crippen LogP contribution in [-0.2, 0) is 0 Å². The highest BCUT2D eigenvalue weighted by Crippen LogP contribution is 2.28. The fourth-order valence-corrected chi connectivity index (χ4v) is 2.20. The average Bonchev–Trinajstić information content (AvgIpc) is 2.41. The number of pyridine rings is 1. The van der Waals surface area contributed by atoms with Crippen LogP contribution in [0.4, 0.5) is 0 Å². The second-order valence-electron chi connectivity index (χ2n) is 2.62. The first-order valence-corrected chi connectivity index (χ1v) is 4.93. The van der Waals surface area contributed by atoms with Gasteiger partial charge in [0.1, 0.15) is 5.65 Å². The van der Waals surface area contributed by atoms with Crippen molar-refractivity contribution in [1.82, 2.24) is 9.97 Å². The number of halogens is 2. The van der Waals surface area contributed by atoms with Crippen LogP contribution in [-0.4, -0.2) is 9.97 Å². The van der Waals surface area contributed by atoms with Gasteiger partial charge in [0.05, 0.1) is 10.4 Å². The molecule has 2 aromatic rings. The number of rotatable bonds is 0. The Balaban J connectivity index is 2.96. The maximum atomic E-state index is 6.11. The van der Waals surface area contributed by atoms with E-state index in [2.05, 4.69) is 32.6 Å². The Hall–Kier alpha value is -0.290. The van der Waals surface area contributed by atoms with Gasteiger partial charge in [0.15, 0.2) is 0 Å². The molecule has 0 aliphatic carbocycles. The van der Waals surface area contributed by atoms with E-state index in [4.69, 9.17) is 11.6 Å². The molecule has 2 rings (SSSR count). The lowest BCUT2D eigenvalue weighted by molar-refractivity contribution is 1.29. The number of hydrogen-bond donors (Lipinski definition) is 1. The first-order chi connectivity index (χ1) is 5.70. The zero-order valence-corrected chi connectivity index (χ0v) is 9.27. The lowest BCUT2D eigenvalue weighted by Crippen LogP contribution is -1.81. The predicted octanol–water partition coefficient (Wildman–Crippen LogP) is 3.13. The summed E-state index contributed by atoms with van der Waals surface area (Å²) in [5.41, 5.74) is 1.87. The smallest absolute Gasteiger partial charge is 0.139 e. The van der Waals surface area contributed by atoms with E-state index >= 15 is 0 Å². The van der Waals surface area contributed by atoms with Crippen LogP contribution in [0.15, 0.2) is 12.4 Å². The maximum Gasteiger partial charge on any atom is 0.139 e. The highest BCUT2D eigenvalue weighted by atomic mass is 127. The van der Waals surface area contributed by atoms with Crippen LogP contribution in [0.1, 0.15) is 5.56 Å². The van der Waals surface area contributed by atoms with Crippen molar-refractivity contribution in [3.05, 3.63) is 26.5 Å². The minimum absolute atomic E-state index is 0.797. The topological polar surface area (TPSA) is 28.7 Å². The molecule has 0 fully saturated rings. The van der Waals surface area contributed by atoms with E-state index in [1.807, 2.05) is 13.1 Å². The highest BCUT2D eigenvalue weighted by molar-refractivity contribution is 14.1. The molecule has 0 unspecified atom stereocenters. The Bertz CT molecular complexity index is 436. The third kappa shape index (κ3) is 1.11. The van der Waals surface area contributed by atoms with Crippen molar-refractivity contribution in [2.45, 2.75) is 6.92 Å². The van der Waals surface area contributed by atoms with Gasteiger partial charge in [-0.05, 0) is 35.1 Å². The van der Waals surface area contributed by atoms with Crippen LogP contribution in [0.25, 0.3) is 11.0 Å². The number of nitrogens with one attached hydrogen (secondary N) is 1. The molecule has 0 aromatic carbocycles. The Morgan fingerprint density at radius 3 is 3.08 bits per heavy atom. The second kappa shape index (κ2) is 2.88. The molecule has 2 nitrogen and oxygen atoms in total. The Labute approximate surface area is 88.5 Å². The van der Waals surface area contributed by atoms with Gasteiger partial charge >= 0.3 is 0 Å². The summed E-state index contributed by atoms with van der Waals surface area (Å²) in [7, 11) is 0. The molecular formula is C8H6ClIN2. The Kier molecular flexibility index (Phi) is 2.00. The van der Waals surface area contributed by atoms with Crippen molar-refractivity contribution >= 4 is 45.2 Å². The Morgan fingerprint density at radius 1 is 1.58 bits per heavy atom. The van der Waals surface area contributed by atoms with Crippen molar-refractivity contribution in [3.8, 4) is 0 Å². The van der Waals surface area contributed by atoms with Crippen molar-refractivity contribution in [2.24, 2.45) is 0 Å². The van der Waals surface area contributed by atoms with Gasteiger partial charge in [-0.15, -0.1) is 0 Å².